The van der Waals surface area contributed by atoms with E-state index in [2.05, 4.69) is 0 Å². The minimum Gasteiger partial charge on any atom is -0.483 e. The Morgan fingerprint density at radius 2 is 1.04 bits per heavy atom. The topological polar surface area (TPSA) is 112 Å². The lowest BCUT2D eigenvalue weighted by atomic mass is 9.85. The van der Waals surface area contributed by atoms with Gasteiger partial charge in [0, 0.05) is 0 Å². The van der Waals surface area contributed by atoms with Gasteiger partial charge in [-0.05, 0) is 76.0 Å². The Labute approximate surface area is 135 Å². The molecule has 0 aromatic rings. The summed E-state index contributed by atoms with van der Waals surface area (Å²) in [5, 5.41) is 24.7. The number of hydrogen-bond acceptors (Lipinski definition) is 3. The van der Waals surface area contributed by atoms with Gasteiger partial charge in [-0.2, -0.15) is 0 Å². The van der Waals surface area contributed by atoms with Crippen LogP contribution in [-0.4, -0.2) is 33.7 Å². The van der Waals surface area contributed by atoms with Gasteiger partial charge in [0.1, 0.15) is 0 Å². The summed E-state index contributed by atoms with van der Waals surface area (Å²) >= 11 is 0. The number of carboxylic acids is 2. The van der Waals surface area contributed by atoms with Gasteiger partial charge in [0.15, 0.2) is 0 Å². The fourth-order valence-electron chi connectivity index (χ4n) is 4.98. The standard InChI is InChI=1S/2C8H12O2.CH2O2/c2*9-7(10)8-3-1-6(5-8)2-4-8;2-1-3/h2*6H,1-5H2,(H,9,10);1H,(H,2,3). The minimum absolute atomic E-state index is 0.250. The molecular weight excluding hydrogens is 300 g/mol. The van der Waals surface area contributed by atoms with E-state index < -0.39 is 11.9 Å². The molecule has 23 heavy (non-hydrogen) atoms. The summed E-state index contributed by atoms with van der Waals surface area (Å²) in [6.45, 7) is -0.250. The van der Waals surface area contributed by atoms with Gasteiger partial charge < -0.3 is 15.3 Å². The van der Waals surface area contributed by atoms with E-state index in [9.17, 15) is 9.59 Å². The molecule has 0 unspecified atom stereocenters. The van der Waals surface area contributed by atoms with E-state index in [4.69, 9.17) is 20.1 Å². The van der Waals surface area contributed by atoms with E-state index in [1.54, 1.807) is 0 Å². The number of carbonyl (C=O) groups is 3. The van der Waals surface area contributed by atoms with Crippen molar-refractivity contribution in [2.24, 2.45) is 22.7 Å². The molecule has 4 rings (SSSR count). The Balaban J connectivity index is 0.000000143. The van der Waals surface area contributed by atoms with E-state index >= 15 is 0 Å². The summed E-state index contributed by atoms with van der Waals surface area (Å²) in [6.07, 6.45) is 10.3. The van der Waals surface area contributed by atoms with Gasteiger partial charge in [-0.3, -0.25) is 14.4 Å². The molecule has 0 amide bonds. The zero-order chi connectivity index (χ0) is 17.1. The number of aliphatic carboxylic acids is 2. The lowest BCUT2D eigenvalue weighted by Gasteiger charge is -2.19. The Bertz CT molecular complexity index is 416. The summed E-state index contributed by atoms with van der Waals surface area (Å²) in [5.74, 6) is 0.396. The average Bonchev–Trinajstić information content (AvgIpc) is 3.29. The summed E-state index contributed by atoms with van der Waals surface area (Å²) < 4.78 is 0. The summed E-state index contributed by atoms with van der Waals surface area (Å²) in [6, 6.07) is 0. The third-order valence-electron chi connectivity index (χ3n) is 6.39. The predicted molar refractivity (Wildman–Crippen MR) is 82.0 cm³/mol. The summed E-state index contributed by atoms with van der Waals surface area (Å²) in [4.78, 5) is 29.9. The van der Waals surface area contributed by atoms with Crippen LogP contribution in [0.4, 0.5) is 0 Å². The van der Waals surface area contributed by atoms with Crippen LogP contribution in [0.3, 0.4) is 0 Å². The number of fused-ring (bicyclic) bond motifs is 4. The molecule has 0 saturated heterocycles. The molecule has 3 N–H and O–H groups in total. The van der Waals surface area contributed by atoms with Gasteiger partial charge in [0.05, 0.1) is 10.8 Å². The second kappa shape index (κ2) is 6.89. The third-order valence-corrected chi connectivity index (χ3v) is 6.39. The molecular formula is C17H26O6. The monoisotopic (exact) mass is 326 g/mol. The fraction of sp³-hybridized carbons (Fsp3) is 0.824. The molecule has 4 aliphatic carbocycles. The highest BCUT2D eigenvalue weighted by molar-refractivity contribution is 5.76. The molecule has 0 aromatic heterocycles. The molecule has 0 aliphatic heterocycles. The number of hydrogen-bond donors (Lipinski definition) is 3. The molecule has 0 radical (unpaired) electrons. The lowest BCUT2D eigenvalue weighted by molar-refractivity contribution is -0.149. The van der Waals surface area contributed by atoms with Crippen molar-refractivity contribution >= 4 is 18.4 Å². The molecule has 4 saturated carbocycles. The van der Waals surface area contributed by atoms with E-state index in [0.29, 0.717) is 0 Å². The van der Waals surface area contributed by atoms with E-state index in [0.717, 1.165) is 76.0 Å². The van der Waals surface area contributed by atoms with Crippen molar-refractivity contribution in [2.75, 3.05) is 0 Å². The fourth-order valence-corrected chi connectivity index (χ4v) is 4.98. The molecule has 0 aromatic carbocycles. The van der Waals surface area contributed by atoms with E-state index in [1.165, 1.54) is 0 Å². The maximum absolute atomic E-state index is 10.8. The average molecular weight is 326 g/mol. The van der Waals surface area contributed by atoms with Crippen molar-refractivity contribution in [3.8, 4) is 0 Å². The molecule has 6 heteroatoms. The second-order valence-corrected chi connectivity index (χ2v) is 7.57. The van der Waals surface area contributed by atoms with Crippen molar-refractivity contribution in [3.63, 3.8) is 0 Å². The lowest BCUT2D eigenvalue weighted by Crippen LogP contribution is -2.25. The van der Waals surface area contributed by atoms with Gasteiger partial charge >= 0.3 is 11.9 Å². The molecule has 130 valence electrons. The Morgan fingerprint density at radius 1 is 0.783 bits per heavy atom. The second-order valence-electron chi connectivity index (χ2n) is 7.57. The van der Waals surface area contributed by atoms with Crippen molar-refractivity contribution in [2.45, 2.75) is 64.2 Å². The Morgan fingerprint density at radius 3 is 1.13 bits per heavy atom. The zero-order valence-electron chi connectivity index (χ0n) is 13.4. The van der Waals surface area contributed by atoms with Crippen LogP contribution in [0.15, 0.2) is 0 Å². The Hall–Kier alpha value is -1.59. The first-order valence-electron chi connectivity index (χ1n) is 8.42. The molecule has 0 heterocycles. The maximum Gasteiger partial charge on any atom is 0.309 e. The molecule has 4 bridgehead atoms. The molecule has 4 fully saturated rings. The highest BCUT2D eigenvalue weighted by Crippen LogP contribution is 2.54. The first-order valence-corrected chi connectivity index (χ1v) is 8.42. The number of rotatable bonds is 2. The van der Waals surface area contributed by atoms with Gasteiger partial charge in [0.2, 0.25) is 0 Å². The summed E-state index contributed by atoms with van der Waals surface area (Å²) in [5.41, 5.74) is -0.546. The summed E-state index contributed by atoms with van der Waals surface area (Å²) in [7, 11) is 0. The van der Waals surface area contributed by atoms with Crippen LogP contribution in [-0.2, 0) is 14.4 Å². The zero-order valence-corrected chi connectivity index (χ0v) is 13.4. The molecule has 0 atom stereocenters. The van der Waals surface area contributed by atoms with Gasteiger partial charge in [-0.1, -0.05) is 0 Å². The predicted octanol–water partition coefficient (Wildman–Crippen LogP) is 3.00. The Kier molecular flexibility index (Phi) is 5.32. The molecule has 0 spiro atoms. The largest absolute Gasteiger partial charge is 0.483 e. The van der Waals surface area contributed by atoms with Gasteiger partial charge in [-0.25, -0.2) is 0 Å². The van der Waals surface area contributed by atoms with Crippen LogP contribution in [0.2, 0.25) is 0 Å². The van der Waals surface area contributed by atoms with Crippen molar-refractivity contribution in [3.05, 3.63) is 0 Å². The van der Waals surface area contributed by atoms with Crippen molar-refractivity contribution in [1.82, 2.24) is 0 Å². The normalized spacial score (nSPS) is 39.0. The molecule has 4 aliphatic rings. The van der Waals surface area contributed by atoms with Gasteiger partial charge in [0.25, 0.3) is 6.47 Å². The third kappa shape index (κ3) is 3.51. The van der Waals surface area contributed by atoms with Crippen LogP contribution >= 0.6 is 0 Å². The highest BCUT2D eigenvalue weighted by atomic mass is 16.4. The van der Waals surface area contributed by atoms with Crippen LogP contribution < -0.4 is 0 Å². The number of carboxylic acid groups (broad SMARTS) is 3. The minimum atomic E-state index is -0.549. The van der Waals surface area contributed by atoms with Crippen LogP contribution in [0.1, 0.15) is 64.2 Å². The highest BCUT2D eigenvalue weighted by Gasteiger charge is 2.50. The van der Waals surface area contributed by atoms with Crippen LogP contribution in [0.25, 0.3) is 0 Å². The van der Waals surface area contributed by atoms with Crippen molar-refractivity contribution < 1.29 is 29.7 Å². The van der Waals surface area contributed by atoms with Crippen LogP contribution in [0.5, 0.6) is 0 Å². The maximum atomic E-state index is 10.8. The SMILES string of the molecule is O=C(O)C12CCC(CC1)C2.O=C(O)C12CCC(CC1)C2.O=CO. The smallest absolute Gasteiger partial charge is 0.309 e. The van der Waals surface area contributed by atoms with Crippen LogP contribution in [0, 0.1) is 22.7 Å². The van der Waals surface area contributed by atoms with Gasteiger partial charge in [-0.15, -0.1) is 0 Å². The van der Waals surface area contributed by atoms with E-state index in [-0.39, 0.29) is 17.3 Å². The van der Waals surface area contributed by atoms with Crippen molar-refractivity contribution in [1.29, 1.82) is 0 Å². The van der Waals surface area contributed by atoms with E-state index in [1.807, 2.05) is 0 Å². The molecule has 6 nitrogen and oxygen atoms in total. The quantitative estimate of drug-likeness (QED) is 0.672. The first kappa shape index (κ1) is 17.8. The first-order chi connectivity index (χ1) is 10.9.